The first-order valence-corrected chi connectivity index (χ1v) is 11.8. The number of rotatable bonds is 2. The first kappa shape index (κ1) is 25.2. The van der Waals surface area contributed by atoms with Crippen LogP contribution < -0.4 is 10.0 Å². The average Bonchev–Trinajstić information content (AvgIpc) is 2.75. The van der Waals surface area contributed by atoms with E-state index >= 15 is 0 Å². The van der Waals surface area contributed by atoms with Crippen molar-refractivity contribution in [2.75, 3.05) is 10.0 Å². The highest BCUT2D eigenvalue weighted by Crippen LogP contribution is 2.45. The van der Waals surface area contributed by atoms with Gasteiger partial charge in [0.15, 0.2) is 0 Å². The molecule has 31 heavy (non-hydrogen) atoms. The molecule has 1 heterocycles. The van der Waals surface area contributed by atoms with Crippen LogP contribution in [-0.2, 0) is 5.41 Å². The molecule has 166 valence electrons. The minimum Gasteiger partial charge on any atom is -0.428 e. The van der Waals surface area contributed by atoms with E-state index in [1.54, 1.807) is 0 Å². The SMILES string of the molecule is C=C.CCC1N(c2ccccc2)B(C)C(C(C)(C)C)B(C)Nc2ccccc2C1(C)C. The molecule has 0 saturated carbocycles. The Labute approximate surface area is 192 Å². The zero-order valence-corrected chi connectivity index (χ0v) is 21.1. The van der Waals surface area contributed by atoms with Crippen molar-refractivity contribution >= 4 is 25.1 Å². The van der Waals surface area contributed by atoms with Gasteiger partial charge in [-0.05, 0) is 41.3 Å². The molecular weight excluding hydrogens is 374 g/mol. The van der Waals surface area contributed by atoms with Crippen molar-refractivity contribution in [1.29, 1.82) is 0 Å². The van der Waals surface area contributed by atoms with E-state index in [9.17, 15) is 0 Å². The lowest BCUT2D eigenvalue weighted by Gasteiger charge is -2.49. The normalized spacial score (nSPS) is 21.0. The van der Waals surface area contributed by atoms with Gasteiger partial charge >= 0.3 is 0 Å². The van der Waals surface area contributed by atoms with E-state index in [0.717, 1.165) is 6.42 Å². The van der Waals surface area contributed by atoms with Crippen LogP contribution in [0.3, 0.4) is 0 Å². The summed E-state index contributed by atoms with van der Waals surface area (Å²) >= 11 is 0. The maximum Gasteiger partial charge on any atom is 0.249 e. The molecule has 0 radical (unpaired) electrons. The van der Waals surface area contributed by atoms with Crippen LogP contribution in [0.25, 0.3) is 0 Å². The molecule has 0 fully saturated rings. The highest BCUT2D eigenvalue weighted by atomic mass is 15.1. The van der Waals surface area contributed by atoms with Gasteiger partial charge in [0.25, 0.3) is 0 Å². The molecule has 2 aromatic rings. The number of para-hydroxylation sites is 2. The second-order valence-electron chi connectivity index (χ2n) is 10.5. The summed E-state index contributed by atoms with van der Waals surface area (Å²) in [7, 11) is 0. The van der Waals surface area contributed by atoms with Crippen LogP contribution in [0.5, 0.6) is 0 Å². The summed E-state index contributed by atoms with van der Waals surface area (Å²) in [6, 6.07) is 20.4. The Morgan fingerprint density at radius 3 is 2.06 bits per heavy atom. The summed E-state index contributed by atoms with van der Waals surface area (Å²) in [5.41, 5.74) is 4.72. The fourth-order valence-electron chi connectivity index (χ4n) is 6.10. The van der Waals surface area contributed by atoms with Gasteiger partial charge in [-0.25, -0.2) is 0 Å². The Balaban J connectivity index is 0.00000166. The predicted molar refractivity (Wildman–Crippen MR) is 144 cm³/mol. The number of nitrogens with one attached hydrogen (secondary N) is 1. The lowest BCUT2D eigenvalue weighted by atomic mass is 9.27. The zero-order valence-electron chi connectivity index (χ0n) is 21.1. The Kier molecular flexibility index (Phi) is 8.14. The van der Waals surface area contributed by atoms with Crippen LogP contribution in [0.2, 0.25) is 19.4 Å². The molecule has 2 unspecified atom stereocenters. The van der Waals surface area contributed by atoms with Crippen molar-refractivity contribution in [3.63, 3.8) is 0 Å². The lowest BCUT2D eigenvalue weighted by Crippen LogP contribution is -2.58. The monoisotopic (exact) mass is 416 g/mol. The Bertz CT molecular complexity index is 829. The second-order valence-corrected chi connectivity index (χ2v) is 10.5. The predicted octanol–water partition coefficient (Wildman–Crippen LogP) is 7.68. The van der Waals surface area contributed by atoms with Crippen LogP contribution in [0, 0.1) is 5.41 Å². The molecule has 1 N–H and O–H groups in total. The molecule has 0 amide bonds. The van der Waals surface area contributed by atoms with Gasteiger partial charge in [0.05, 0.1) is 0 Å². The van der Waals surface area contributed by atoms with Gasteiger partial charge in [0.2, 0.25) is 13.7 Å². The Morgan fingerprint density at radius 2 is 1.52 bits per heavy atom. The number of benzene rings is 2. The quantitative estimate of drug-likeness (QED) is 0.399. The third-order valence-electron chi connectivity index (χ3n) is 7.11. The topological polar surface area (TPSA) is 15.3 Å². The van der Waals surface area contributed by atoms with Crippen LogP contribution in [0.1, 0.15) is 53.5 Å². The average molecular weight is 416 g/mol. The third kappa shape index (κ3) is 5.05. The summed E-state index contributed by atoms with van der Waals surface area (Å²) in [5, 5.41) is 3.94. The smallest absolute Gasteiger partial charge is 0.249 e. The summed E-state index contributed by atoms with van der Waals surface area (Å²) < 4.78 is 0. The first-order valence-electron chi connectivity index (χ1n) is 11.8. The van der Waals surface area contributed by atoms with E-state index in [1.165, 1.54) is 16.9 Å². The number of anilines is 2. The molecule has 1 aliphatic heterocycles. The van der Waals surface area contributed by atoms with Gasteiger partial charge in [-0.1, -0.05) is 91.6 Å². The second kappa shape index (κ2) is 10.0. The van der Waals surface area contributed by atoms with Gasteiger partial charge in [0, 0.05) is 22.8 Å². The summed E-state index contributed by atoms with van der Waals surface area (Å²) in [5.74, 6) is 0. The highest BCUT2D eigenvalue weighted by molar-refractivity contribution is 6.82. The van der Waals surface area contributed by atoms with Crippen molar-refractivity contribution in [3.05, 3.63) is 73.3 Å². The molecule has 3 rings (SSSR count). The minimum atomic E-state index is 0.00887. The number of nitrogens with zero attached hydrogens (tertiary/aromatic N) is 1. The molecule has 4 heteroatoms. The van der Waals surface area contributed by atoms with Crippen molar-refractivity contribution in [3.8, 4) is 0 Å². The van der Waals surface area contributed by atoms with E-state index < -0.39 is 0 Å². The zero-order chi connectivity index (χ0) is 23.4. The Hall–Kier alpha value is -2.09. The van der Waals surface area contributed by atoms with Crippen molar-refractivity contribution < 1.29 is 0 Å². The van der Waals surface area contributed by atoms with Gasteiger partial charge in [0.1, 0.15) is 0 Å². The van der Waals surface area contributed by atoms with Gasteiger partial charge in [-0.2, -0.15) is 0 Å². The van der Waals surface area contributed by atoms with E-state index in [-0.39, 0.29) is 10.8 Å². The number of hydrogen-bond donors (Lipinski definition) is 1. The lowest BCUT2D eigenvalue weighted by molar-refractivity contribution is 0.394. The number of fused-ring (bicyclic) bond motifs is 1. The third-order valence-corrected chi connectivity index (χ3v) is 7.11. The molecule has 2 nitrogen and oxygen atoms in total. The molecule has 2 atom stereocenters. The van der Waals surface area contributed by atoms with Crippen molar-refractivity contribution in [1.82, 2.24) is 0 Å². The Morgan fingerprint density at radius 1 is 0.968 bits per heavy atom. The molecule has 0 spiro atoms. The van der Waals surface area contributed by atoms with Crippen molar-refractivity contribution in [2.24, 2.45) is 5.41 Å². The summed E-state index contributed by atoms with van der Waals surface area (Å²) in [6.07, 6.45) is 1.10. The largest absolute Gasteiger partial charge is 0.428 e. The van der Waals surface area contributed by atoms with Crippen LogP contribution in [0.15, 0.2) is 67.8 Å². The van der Waals surface area contributed by atoms with E-state index in [2.05, 4.69) is 133 Å². The van der Waals surface area contributed by atoms with E-state index in [0.29, 0.717) is 25.5 Å². The summed E-state index contributed by atoms with van der Waals surface area (Å²) in [6.45, 7) is 25.9. The highest BCUT2D eigenvalue weighted by Gasteiger charge is 2.48. The van der Waals surface area contributed by atoms with Crippen LogP contribution in [0.4, 0.5) is 11.4 Å². The van der Waals surface area contributed by atoms with Gasteiger partial charge < -0.3 is 10.0 Å². The van der Waals surface area contributed by atoms with Crippen molar-refractivity contribution in [2.45, 2.75) is 78.8 Å². The summed E-state index contributed by atoms with van der Waals surface area (Å²) in [4.78, 5) is 2.73. The maximum absolute atomic E-state index is 3.94. The fraction of sp³-hybridized carbons (Fsp3) is 0.481. The fourth-order valence-corrected chi connectivity index (χ4v) is 6.10. The van der Waals surface area contributed by atoms with Gasteiger partial charge in [-0.3, -0.25) is 0 Å². The molecule has 0 aliphatic carbocycles. The molecule has 0 bridgehead atoms. The minimum absolute atomic E-state index is 0.00887. The van der Waals surface area contributed by atoms with E-state index in [4.69, 9.17) is 0 Å². The molecule has 2 aromatic carbocycles. The molecule has 0 aromatic heterocycles. The van der Waals surface area contributed by atoms with Crippen LogP contribution >= 0.6 is 0 Å². The molecule has 1 aliphatic rings. The van der Waals surface area contributed by atoms with Gasteiger partial charge in [-0.15, -0.1) is 13.2 Å². The first-order chi connectivity index (χ1) is 14.6. The number of hydrogen-bond acceptors (Lipinski definition) is 2. The van der Waals surface area contributed by atoms with E-state index in [1.807, 2.05) is 0 Å². The standard InChI is InChI=1S/C25H38B2N2.C2H4/c1-9-22-25(5,6)20-17-13-14-18-21(20)28-26(7)23(24(2,3)4)27(8)29(22)19-15-11-10-12-16-19;1-2/h10-18,22-23,28H,9H2,1-8H3;1-2H2. The van der Waals surface area contributed by atoms with Crippen LogP contribution in [-0.4, -0.2) is 19.7 Å². The molecule has 0 saturated heterocycles. The maximum atomic E-state index is 3.94. The molecular formula is C27H42B2N2.